The maximum absolute atomic E-state index is 11.5. The number of aliphatic carboxylic acids is 1. The smallest absolute Gasteiger partial charge is 0.326 e. The summed E-state index contributed by atoms with van der Waals surface area (Å²) in [6, 6.07) is -1.29. The van der Waals surface area contributed by atoms with E-state index in [4.69, 9.17) is 9.84 Å². The Morgan fingerprint density at radius 1 is 1.44 bits per heavy atom. The lowest BCUT2D eigenvalue weighted by molar-refractivity contribution is -0.140. The van der Waals surface area contributed by atoms with E-state index in [0.717, 1.165) is 25.9 Å². The highest BCUT2D eigenvalue weighted by atomic mass is 16.5. The summed E-state index contributed by atoms with van der Waals surface area (Å²) in [7, 11) is 0. The van der Waals surface area contributed by atoms with Gasteiger partial charge in [0.1, 0.15) is 6.04 Å². The lowest BCUT2D eigenvalue weighted by atomic mass is 10.1. The number of rotatable bonds is 6. The molecule has 1 heterocycles. The molecule has 0 aromatic carbocycles. The Balaban J connectivity index is 2.21. The van der Waals surface area contributed by atoms with E-state index >= 15 is 0 Å². The van der Waals surface area contributed by atoms with Gasteiger partial charge >= 0.3 is 12.0 Å². The zero-order valence-corrected chi connectivity index (χ0v) is 10.9. The predicted octanol–water partition coefficient (Wildman–Crippen LogP) is 0.964. The topological polar surface area (TPSA) is 87.7 Å². The third kappa shape index (κ3) is 4.91. The minimum Gasteiger partial charge on any atom is -0.480 e. The van der Waals surface area contributed by atoms with Crippen molar-refractivity contribution in [3.05, 3.63) is 0 Å². The molecule has 1 saturated heterocycles. The Labute approximate surface area is 107 Å². The second-order valence-corrected chi connectivity index (χ2v) is 4.88. The molecule has 2 amide bonds. The molecule has 3 N–H and O–H groups in total. The highest BCUT2D eigenvalue weighted by Gasteiger charge is 2.23. The van der Waals surface area contributed by atoms with Crippen LogP contribution in [-0.4, -0.2) is 42.4 Å². The Kier molecular flexibility index (Phi) is 5.91. The second kappa shape index (κ2) is 7.20. The zero-order valence-electron chi connectivity index (χ0n) is 10.9. The van der Waals surface area contributed by atoms with Gasteiger partial charge in [-0.05, 0) is 25.2 Å². The molecular formula is C12H22N2O4. The van der Waals surface area contributed by atoms with Crippen molar-refractivity contribution in [2.45, 2.75) is 45.3 Å². The molecule has 6 heteroatoms. The summed E-state index contributed by atoms with van der Waals surface area (Å²) in [6.45, 7) is 4.81. The van der Waals surface area contributed by atoms with Gasteiger partial charge in [-0.3, -0.25) is 0 Å². The normalized spacial score (nSPS) is 20.7. The van der Waals surface area contributed by atoms with Gasteiger partial charge < -0.3 is 20.5 Å². The van der Waals surface area contributed by atoms with E-state index in [9.17, 15) is 9.59 Å². The first kappa shape index (κ1) is 14.8. The first-order valence-corrected chi connectivity index (χ1v) is 6.39. The molecule has 0 spiro atoms. The fraction of sp³-hybridized carbons (Fsp3) is 0.833. The van der Waals surface area contributed by atoms with E-state index in [-0.39, 0.29) is 12.0 Å². The number of hydrogen-bond donors (Lipinski definition) is 3. The number of amides is 2. The summed E-state index contributed by atoms with van der Waals surface area (Å²) < 4.78 is 5.43. The maximum atomic E-state index is 11.5. The fourth-order valence-corrected chi connectivity index (χ4v) is 1.92. The summed E-state index contributed by atoms with van der Waals surface area (Å²) in [5, 5.41) is 14.0. The number of carboxylic acids is 1. The van der Waals surface area contributed by atoms with E-state index in [1.54, 1.807) is 13.8 Å². The van der Waals surface area contributed by atoms with Gasteiger partial charge in [-0.1, -0.05) is 13.8 Å². The number of nitrogens with one attached hydrogen (secondary N) is 2. The van der Waals surface area contributed by atoms with Crippen LogP contribution in [0.2, 0.25) is 0 Å². The number of hydrogen-bond acceptors (Lipinski definition) is 3. The first-order chi connectivity index (χ1) is 8.50. The number of carbonyl (C=O) groups excluding carboxylic acids is 1. The van der Waals surface area contributed by atoms with Crippen molar-refractivity contribution in [3.8, 4) is 0 Å². The SMILES string of the molecule is CC(C)[C@H](NC(=O)NCCC1CCCO1)C(=O)O. The number of carboxylic acid groups (broad SMARTS) is 1. The van der Waals surface area contributed by atoms with E-state index in [1.165, 1.54) is 0 Å². The molecule has 0 aromatic rings. The van der Waals surface area contributed by atoms with Crippen molar-refractivity contribution in [2.24, 2.45) is 5.92 Å². The van der Waals surface area contributed by atoms with Gasteiger partial charge in [0.2, 0.25) is 0 Å². The molecule has 0 bridgehead atoms. The zero-order chi connectivity index (χ0) is 13.5. The first-order valence-electron chi connectivity index (χ1n) is 6.39. The highest BCUT2D eigenvalue weighted by molar-refractivity contribution is 5.82. The molecule has 1 aliphatic heterocycles. The van der Waals surface area contributed by atoms with Crippen LogP contribution in [0.1, 0.15) is 33.1 Å². The van der Waals surface area contributed by atoms with Gasteiger partial charge in [-0.15, -0.1) is 0 Å². The lowest BCUT2D eigenvalue weighted by Gasteiger charge is -2.18. The summed E-state index contributed by atoms with van der Waals surface area (Å²) in [6.07, 6.45) is 3.11. The van der Waals surface area contributed by atoms with Crippen LogP contribution in [0.15, 0.2) is 0 Å². The summed E-state index contributed by atoms with van der Waals surface area (Å²) in [4.78, 5) is 22.4. The van der Waals surface area contributed by atoms with Crippen LogP contribution in [0.4, 0.5) is 4.79 Å². The van der Waals surface area contributed by atoms with E-state index in [2.05, 4.69) is 10.6 Å². The van der Waals surface area contributed by atoms with Crippen LogP contribution >= 0.6 is 0 Å². The molecular weight excluding hydrogens is 236 g/mol. The number of carbonyl (C=O) groups is 2. The van der Waals surface area contributed by atoms with E-state index in [1.807, 2.05) is 0 Å². The fourth-order valence-electron chi connectivity index (χ4n) is 1.92. The molecule has 18 heavy (non-hydrogen) atoms. The van der Waals surface area contributed by atoms with Gasteiger partial charge in [-0.2, -0.15) is 0 Å². The Bertz CT molecular complexity index is 288. The van der Waals surface area contributed by atoms with Gasteiger partial charge in [0.15, 0.2) is 0 Å². The van der Waals surface area contributed by atoms with Gasteiger partial charge in [0, 0.05) is 13.2 Å². The third-order valence-electron chi connectivity index (χ3n) is 3.00. The van der Waals surface area contributed by atoms with Crippen LogP contribution in [0, 0.1) is 5.92 Å². The van der Waals surface area contributed by atoms with Crippen molar-refractivity contribution in [1.82, 2.24) is 10.6 Å². The molecule has 2 atom stereocenters. The molecule has 1 fully saturated rings. The Hall–Kier alpha value is -1.30. The quantitative estimate of drug-likeness (QED) is 0.662. The summed E-state index contributed by atoms with van der Waals surface area (Å²) >= 11 is 0. The summed E-state index contributed by atoms with van der Waals surface area (Å²) in [5.41, 5.74) is 0. The van der Waals surface area contributed by atoms with Crippen LogP contribution in [-0.2, 0) is 9.53 Å². The van der Waals surface area contributed by atoms with Gasteiger partial charge in [0.25, 0.3) is 0 Å². The Morgan fingerprint density at radius 3 is 2.67 bits per heavy atom. The van der Waals surface area contributed by atoms with E-state index < -0.39 is 18.0 Å². The lowest BCUT2D eigenvalue weighted by Crippen LogP contribution is -2.48. The van der Waals surface area contributed by atoms with Crippen molar-refractivity contribution in [3.63, 3.8) is 0 Å². The minimum absolute atomic E-state index is 0.147. The molecule has 104 valence electrons. The monoisotopic (exact) mass is 258 g/mol. The van der Waals surface area contributed by atoms with Crippen molar-refractivity contribution < 1.29 is 19.4 Å². The van der Waals surface area contributed by atoms with Crippen LogP contribution in [0.5, 0.6) is 0 Å². The van der Waals surface area contributed by atoms with Gasteiger partial charge in [-0.25, -0.2) is 9.59 Å². The number of urea groups is 1. The molecule has 0 aliphatic carbocycles. The predicted molar refractivity (Wildman–Crippen MR) is 66.4 cm³/mol. The maximum Gasteiger partial charge on any atom is 0.326 e. The minimum atomic E-state index is -1.01. The molecule has 1 unspecified atom stereocenters. The summed E-state index contributed by atoms with van der Waals surface area (Å²) in [5.74, 6) is -1.16. The highest BCUT2D eigenvalue weighted by Crippen LogP contribution is 2.14. The average Bonchev–Trinajstić information content (AvgIpc) is 2.78. The molecule has 1 aliphatic rings. The third-order valence-corrected chi connectivity index (χ3v) is 3.00. The average molecular weight is 258 g/mol. The molecule has 6 nitrogen and oxygen atoms in total. The second-order valence-electron chi connectivity index (χ2n) is 4.88. The molecule has 0 aromatic heterocycles. The van der Waals surface area contributed by atoms with E-state index in [0.29, 0.717) is 6.54 Å². The molecule has 0 saturated carbocycles. The van der Waals surface area contributed by atoms with Crippen LogP contribution in [0.25, 0.3) is 0 Å². The van der Waals surface area contributed by atoms with Crippen molar-refractivity contribution >= 4 is 12.0 Å². The number of ether oxygens (including phenoxy) is 1. The van der Waals surface area contributed by atoms with Crippen LogP contribution in [0.3, 0.4) is 0 Å². The Morgan fingerprint density at radius 2 is 2.17 bits per heavy atom. The van der Waals surface area contributed by atoms with Crippen molar-refractivity contribution in [1.29, 1.82) is 0 Å². The molecule has 0 radical (unpaired) electrons. The molecule has 1 rings (SSSR count). The van der Waals surface area contributed by atoms with Crippen LogP contribution < -0.4 is 10.6 Å². The largest absolute Gasteiger partial charge is 0.480 e. The van der Waals surface area contributed by atoms with Crippen molar-refractivity contribution in [2.75, 3.05) is 13.2 Å². The standard InChI is InChI=1S/C12H22N2O4/c1-8(2)10(11(15)16)14-12(17)13-6-5-9-4-3-7-18-9/h8-10H,3-7H2,1-2H3,(H,15,16)(H2,13,14,17)/t9?,10-/m0/s1. The van der Waals surface area contributed by atoms with Gasteiger partial charge in [0.05, 0.1) is 6.10 Å².